The van der Waals surface area contributed by atoms with Gasteiger partial charge in [-0.3, -0.25) is 0 Å². The molecule has 0 amide bonds. The van der Waals surface area contributed by atoms with E-state index in [-0.39, 0.29) is 27.3 Å². The summed E-state index contributed by atoms with van der Waals surface area (Å²) in [7, 11) is 0. The van der Waals surface area contributed by atoms with Crippen molar-refractivity contribution in [1.82, 2.24) is 0 Å². The summed E-state index contributed by atoms with van der Waals surface area (Å²) in [5.74, 6) is -2.51. The van der Waals surface area contributed by atoms with Gasteiger partial charge in [-0.15, -0.1) is 0 Å². The monoisotopic (exact) mass is 324 g/mol. The summed E-state index contributed by atoms with van der Waals surface area (Å²) < 4.78 is 0. The van der Waals surface area contributed by atoms with Gasteiger partial charge in [-0.25, -0.2) is 9.59 Å². The first-order valence-corrected chi connectivity index (χ1v) is 1.77. The molecule has 0 heterocycles. The van der Waals surface area contributed by atoms with Gasteiger partial charge in [0.1, 0.15) is 0 Å². The van der Waals surface area contributed by atoms with Gasteiger partial charge in [-0.2, -0.15) is 0 Å². The minimum atomic E-state index is -1.26. The number of aliphatic carboxylic acids is 2. The molecule has 0 aliphatic carbocycles. The Morgan fingerprint density at radius 1 is 1.00 bits per heavy atom. The van der Waals surface area contributed by atoms with Gasteiger partial charge in [0.25, 0.3) is 0 Å². The van der Waals surface area contributed by atoms with Crippen LogP contribution in [0.3, 0.4) is 0 Å². The summed E-state index contributed by atoms with van der Waals surface area (Å²) in [5.41, 5.74) is 0. The van der Waals surface area contributed by atoms with Crippen LogP contribution < -0.4 is 0 Å². The van der Waals surface area contributed by atoms with Crippen LogP contribution in [0.4, 0.5) is 0 Å². The Kier molecular flexibility index (Phi) is 7.27. The van der Waals surface area contributed by atoms with Gasteiger partial charge in [0.2, 0.25) is 0 Å². The summed E-state index contributed by atoms with van der Waals surface area (Å²) in [6, 6.07) is 0. The average molecular weight is 323 g/mol. The zero-order chi connectivity index (χ0) is 6.57. The maximum absolute atomic E-state index is 9.55. The molecule has 2 N–H and O–H groups in total. The number of hydrogen-bond donors (Lipinski definition) is 2. The molecule has 0 unspecified atom stereocenters. The summed E-state index contributed by atoms with van der Waals surface area (Å²) in [6.07, 6.45) is 1.12. The molecule has 0 rings (SSSR count). The number of hydrogen-bond acceptors (Lipinski definition) is 2. The normalized spacial score (nSPS) is 8.44. The van der Waals surface area contributed by atoms with Gasteiger partial charge >= 0.3 is 11.9 Å². The zero-order valence-corrected chi connectivity index (χ0v) is 8.25. The maximum atomic E-state index is 9.55. The van der Waals surface area contributed by atoms with Crippen LogP contribution >= 0.6 is 0 Å². The average Bonchev–Trinajstić information content (AvgIpc) is 1.61. The van der Waals surface area contributed by atoms with Crippen molar-refractivity contribution < 1.29 is 19.8 Å². The largest absolute Gasteiger partial charge is 0.478 e. The predicted octanol–water partition coefficient (Wildman–Crippen LogP) is -0.669. The van der Waals surface area contributed by atoms with Crippen molar-refractivity contribution in [3.63, 3.8) is 0 Å². The Hall–Kier alpha value is -0.398. The van der Waals surface area contributed by atoms with Crippen LogP contribution in [0, 0.1) is 0 Å². The molecule has 0 aromatic heterocycles. The van der Waals surface area contributed by atoms with E-state index < -0.39 is 11.9 Å². The molecule has 0 aliphatic heterocycles. The quantitative estimate of drug-likeness (QED) is 0.522. The third kappa shape index (κ3) is 11.3. The first kappa shape index (κ1) is 11.4. The SMILES string of the molecule is O=C(O)C=CC(=O)O.[Pb]. The first-order valence-electron chi connectivity index (χ1n) is 1.77. The van der Waals surface area contributed by atoms with Crippen molar-refractivity contribution in [3.8, 4) is 0 Å². The van der Waals surface area contributed by atoms with Gasteiger partial charge < -0.3 is 10.2 Å². The van der Waals surface area contributed by atoms with Crippen molar-refractivity contribution in [2.24, 2.45) is 0 Å². The van der Waals surface area contributed by atoms with E-state index in [1.165, 1.54) is 0 Å². The summed E-state index contributed by atoms with van der Waals surface area (Å²) >= 11 is 0. The Morgan fingerprint density at radius 3 is 1.33 bits per heavy atom. The molecule has 0 saturated heterocycles. The standard InChI is InChI=1S/C4H4O4.Pb/c5-3(6)1-2-4(7)8;/h1-2H,(H,5,6)(H,7,8);. The molecular weight excluding hydrogens is 319 g/mol. The van der Waals surface area contributed by atoms with E-state index in [9.17, 15) is 9.59 Å². The number of carbonyl (C=O) groups is 2. The molecule has 0 saturated carbocycles. The fraction of sp³-hybridized carbons (Fsp3) is 0. The molecule has 5 heteroatoms. The van der Waals surface area contributed by atoms with Gasteiger partial charge in [0, 0.05) is 39.5 Å². The minimum absolute atomic E-state index is 0. The molecule has 0 aromatic carbocycles. The topological polar surface area (TPSA) is 74.6 Å². The molecule has 4 radical (unpaired) electrons. The summed E-state index contributed by atoms with van der Waals surface area (Å²) in [5, 5.41) is 15.6. The second-order valence-electron chi connectivity index (χ2n) is 1.01. The van der Waals surface area contributed by atoms with E-state index in [0.717, 1.165) is 0 Å². The van der Waals surface area contributed by atoms with Crippen molar-refractivity contribution in [2.45, 2.75) is 0 Å². The second-order valence-corrected chi connectivity index (χ2v) is 1.01. The molecular formula is C4H4O4Pb. The van der Waals surface area contributed by atoms with E-state index in [0.29, 0.717) is 12.2 Å². The van der Waals surface area contributed by atoms with E-state index >= 15 is 0 Å². The van der Waals surface area contributed by atoms with E-state index in [1.807, 2.05) is 0 Å². The van der Waals surface area contributed by atoms with Crippen LogP contribution in [0.5, 0.6) is 0 Å². The van der Waals surface area contributed by atoms with Crippen LogP contribution in [0.15, 0.2) is 12.2 Å². The summed E-state index contributed by atoms with van der Waals surface area (Å²) in [4.78, 5) is 19.1. The smallest absolute Gasteiger partial charge is 0.328 e. The number of carboxylic acid groups (broad SMARTS) is 2. The van der Waals surface area contributed by atoms with Crippen LogP contribution in [0.1, 0.15) is 0 Å². The van der Waals surface area contributed by atoms with Crippen LogP contribution in [-0.4, -0.2) is 49.5 Å². The zero-order valence-electron chi connectivity index (χ0n) is 4.37. The Bertz CT molecular complexity index is 124. The maximum Gasteiger partial charge on any atom is 0.328 e. The van der Waals surface area contributed by atoms with Crippen molar-refractivity contribution in [2.75, 3.05) is 0 Å². The third-order valence-corrected chi connectivity index (χ3v) is 0.368. The van der Waals surface area contributed by atoms with Gasteiger partial charge in [-0.1, -0.05) is 0 Å². The fourth-order valence-electron chi connectivity index (χ4n) is 0.143. The van der Waals surface area contributed by atoms with Crippen molar-refractivity contribution in [1.29, 1.82) is 0 Å². The van der Waals surface area contributed by atoms with Crippen molar-refractivity contribution >= 4 is 39.2 Å². The Morgan fingerprint density at radius 2 is 1.22 bits per heavy atom. The van der Waals surface area contributed by atoms with E-state index in [2.05, 4.69) is 0 Å². The molecule has 48 valence electrons. The molecule has 0 fully saturated rings. The van der Waals surface area contributed by atoms with Crippen LogP contribution in [0.2, 0.25) is 0 Å². The first-order chi connectivity index (χ1) is 3.63. The van der Waals surface area contributed by atoms with Crippen LogP contribution in [-0.2, 0) is 9.59 Å². The number of rotatable bonds is 2. The third-order valence-electron chi connectivity index (χ3n) is 0.368. The van der Waals surface area contributed by atoms with E-state index in [1.54, 1.807) is 0 Å². The van der Waals surface area contributed by atoms with E-state index in [4.69, 9.17) is 10.2 Å². The molecule has 0 aliphatic rings. The van der Waals surface area contributed by atoms with Crippen molar-refractivity contribution in [3.05, 3.63) is 12.2 Å². The number of carboxylic acids is 2. The molecule has 0 spiro atoms. The van der Waals surface area contributed by atoms with Gasteiger partial charge in [-0.05, 0) is 0 Å². The summed E-state index contributed by atoms with van der Waals surface area (Å²) in [6.45, 7) is 0. The van der Waals surface area contributed by atoms with Gasteiger partial charge in [0.15, 0.2) is 0 Å². The molecule has 4 nitrogen and oxygen atoms in total. The predicted molar refractivity (Wildman–Crippen MR) is 30.2 cm³/mol. The molecule has 0 aromatic rings. The van der Waals surface area contributed by atoms with Gasteiger partial charge in [0.05, 0.1) is 0 Å². The molecule has 0 atom stereocenters. The van der Waals surface area contributed by atoms with Crippen LogP contribution in [0.25, 0.3) is 0 Å². The Labute approximate surface area is 71.3 Å². The Balaban J connectivity index is 0. The minimum Gasteiger partial charge on any atom is -0.478 e. The second kappa shape index (κ2) is 5.73. The fourth-order valence-corrected chi connectivity index (χ4v) is 0.143. The molecule has 0 bridgehead atoms. The molecule has 9 heavy (non-hydrogen) atoms.